The van der Waals surface area contributed by atoms with Gasteiger partial charge in [-0.2, -0.15) is 12.7 Å². The molecule has 0 aromatic carbocycles. The third-order valence-electron chi connectivity index (χ3n) is 2.20. The molecule has 8 heteroatoms. The van der Waals surface area contributed by atoms with Crippen LogP contribution in [0, 0.1) is 5.92 Å². The summed E-state index contributed by atoms with van der Waals surface area (Å²) in [5.41, 5.74) is 0. The van der Waals surface area contributed by atoms with Gasteiger partial charge < -0.3 is 4.74 Å². The molecule has 1 aliphatic rings. The number of carbonyl (C=O) groups excluding carboxylic acids is 1. The van der Waals surface area contributed by atoms with Crippen molar-refractivity contribution < 1.29 is 17.9 Å². The second-order valence-electron chi connectivity index (χ2n) is 3.27. The molecule has 1 rings (SSSR count). The summed E-state index contributed by atoms with van der Waals surface area (Å²) in [5, 5.41) is 0.761. The minimum atomic E-state index is -3.73. The Morgan fingerprint density at radius 2 is 2.33 bits per heavy atom. The Morgan fingerprint density at radius 1 is 1.67 bits per heavy atom. The molecular formula is C7H13BrN2O4S. The smallest absolute Gasteiger partial charge is 0.421 e. The van der Waals surface area contributed by atoms with E-state index in [9.17, 15) is 13.2 Å². The number of hydrogen-bond acceptors (Lipinski definition) is 4. The summed E-state index contributed by atoms with van der Waals surface area (Å²) in [6.45, 7) is 0.861. The second kappa shape index (κ2) is 5.13. The molecule has 1 saturated heterocycles. The molecule has 1 fully saturated rings. The Labute approximate surface area is 97.3 Å². The Hall–Kier alpha value is -0.340. The molecule has 0 aromatic heterocycles. The van der Waals surface area contributed by atoms with Crippen molar-refractivity contribution in [3.63, 3.8) is 0 Å². The highest BCUT2D eigenvalue weighted by molar-refractivity contribution is 9.09. The highest BCUT2D eigenvalue weighted by atomic mass is 79.9. The van der Waals surface area contributed by atoms with E-state index >= 15 is 0 Å². The number of rotatable bonds is 3. The molecule has 1 unspecified atom stereocenters. The van der Waals surface area contributed by atoms with Crippen LogP contribution in [0.3, 0.4) is 0 Å². The molecule has 1 N–H and O–H groups in total. The first-order valence-corrected chi connectivity index (χ1v) is 6.97. The Bertz CT molecular complexity index is 332. The molecule has 0 bridgehead atoms. The van der Waals surface area contributed by atoms with E-state index in [1.807, 2.05) is 4.72 Å². The topological polar surface area (TPSA) is 75.7 Å². The minimum absolute atomic E-state index is 0.305. The fourth-order valence-corrected chi connectivity index (χ4v) is 3.06. The average molecular weight is 301 g/mol. The van der Waals surface area contributed by atoms with E-state index in [4.69, 9.17) is 0 Å². The van der Waals surface area contributed by atoms with Gasteiger partial charge in [-0.1, -0.05) is 15.9 Å². The predicted molar refractivity (Wildman–Crippen MR) is 57.9 cm³/mol. The van der Waals surface area contributed by atoms with Crippen molar-refractivity contribution in [2.24, 2.45) is 5.92 Å². The summed E-state index contributed by atoms with van der Waals surface area (Å²) in [6, 6.07) is 0. The normalized spacial score (nSPS) is 22.7. The Balaban J connectivity index is 2.60. The SMILES string of the molecule is COC(=O)NS(=O)(=O)N1CCC(CBr)C1. The second-order valence-corrected chi connectivity index (χ2v) is 5.58. The lowest BCUT2D eigenvalue weighted by Crippen LogP contribution is -2.42. The average Bonchev–Trinajstić information content (AvgIpc) is 2.65. The fraction of sp³-hybridized carbons (Fsp3) is 0.857. The number of nitrogens with zero attached hydrogens (tertiary/aromatic N) is 1. The van der Waals surface area contributed by atoms with Gasteiger partial charge in [0.25, 0.3) is 0 Å². The van der Waals surface area contributed by atoms with Crippen LogP contribution in [0.2, 0.25) is 0 Å². The third-order valence-corrected chi connectivity index (χ3v) is 4.56. The molecule has 0 saturated carbocycles. The number of ether oxygens (including phenoxy) is 1. The molecule has 6 nitrogen and oxygen atoms in total. The molecule has 0 aromatic rings. The fourth-order valence-electron chi connectivity index (χ4n) is 1.35. The third kappa shape index (κ3) is 3.32. The first kappa shape index (κ1) is 12.7. The van der Waals surface area contributed by atoms with E-state index in [2.05, 4.69) is 20.7 Å². The summed E-state index contributed by atoms with van der Waals surface area (Å²) in [7, 11) is -2.61. The van der Waals surface area contributed by atoms with Gasteiger partial charge in [-0.05, 0) is 12.3 Å². The Morgan fingerprint density at radius 3 is 2.80 bits per heavy atom. The van der Waals surface area contributed by atoms with Crippen molar-refractivity contribution >= 4 is 32.2 Å². The van der Waals surface area contributed by atoms with Gasteiger partial charge >= 0.3 is 16.3 Å². The molecule has 1 heterocycles. The van der Waals surface area contributed by atoms with Gasteiger partial charge in [-0.25, -0.2) is 9.52 Å². The van der Waals surface area contributed by atoms with Crippen molar-refractivity contribution in [2.75, 3.05) is 25.5 Å². The zero-order valence-corrected chi connectivity index (χ0v) is 10.7. The van der Waals surface area contributed by atoms with E-state index < -0.39 is 16.3 Å². The van der Waals surface area contributed by atoms with Crippen LogP contribution in [0.5, 0.6) is 0 Å². The predicted octanol–water partition coefficient (Wildman–Crippen LogP) is 0.304. The van der Waals surface area contributed by atoms with Gasteiger partial charge in [-0.15, -0.1) is 0 Å². The number of carbonyl (C=O) groups is 1. The standard InChI is InChI=1S/C7H13BrN2O4S/c1-14-7(11)9-15(12,13)10-3-2-6(4-8)5-10/h6H,2-5H2,1H3,(H,9,11). The summed E-state index contributed by atoms with van der Waals surface area (Å²) < 4.78 is 30.4. The number of alkyl halides is 1. The molecule has 15 heavy (non-hydrogen) atoms. The number of amides is 1. The first-order chi connectivity index (χ1) is 6.99. The van der Waals surface area contributed by atoms with Crippen LogP contribution >= 0.6 is 15.9 Å². The van der Waals surface area contributed by atoms with Crippen molar-refractivity contribution in [1.82, 2.24) is 9.03 Å². The lowest BCUT2D eigenvalue weighted by molar-refractivity contribution is 0.177. The molecule has 88 valence electrons. The molecule has 1 atom stereocenters. The maximum absolute atomic E-state index is 11.6. The Kier molecular flexibility index (Phi) is 4.35. The summed E-state index contributed by atoms with van der Waals surface area (Å²) in [6.07, 6.45) is -0.162. The molecular weight excluding hydrogens is 288 g/mol. The maximum atomic E-state index is 11.6. The minimum Gasteiger partial charge on any atom is -0.452 e. The molecule has 1 aliphatic heterocycles. The van der Waals surface area contributed by atoms with Crippen molar-refractivity contribution in [3.8, 4) is 0 Å². The van der Waals surface area contributed by atoms with Crippen molar-refractivity contribution in [1.29, 1.82) is 0 Å². The number of halogens is 1. The summed E-state index contributed by atoms with van der Waals surface area (Å²) in [5.74, 6) is 0.305. The van der Waals surface area contributed by atoms with E-state index in [1.165, 1.54) is 4.31 Å². The van der Waals surface area contributed by atoms with Gasteiger partial charge in [0.05, 0.1) is 7.11 Å². The highest BCUT2D eigenvalue weighted by Gasteiger charge is 2.31. The van der Waals surface area contributed by atoms with Crippen LogP contribution < -0.4 is 4.72 Å². The van der Waals surface area contributed by atoms with Crippen molar-refractivity contribution in [2.45, 2.75) is 6.42 Å². The van der Waals surface area contributed by atoms with E-state index in [0.29, 0.717) is 19.0 Å². The van der Waals surface area contributed by atoms with E-state index in [0.717, 1.165) is 18.9 Å². The lowest BCUT2D eigenvalue weighted by atomic mass is 10.2. The maximum Gasteiger partial charge on any atom is 0.421 e. The van der Waals surface area contributed by atoms with Gasteiger partial charge in [0.2, 0.25) is 0 Å². The highest BCUT2D eigenvalue weighted by Crippen LogP contribution is 2.20. The molecule has 0 spiro atoms. The van der Waals surface area contributed by atoms with E-state index in [1.54, 1.807) is 0 Å². The largest absolute Gasteiger partial charge is 0.452 e. The van der Waals surface area contributed by atoms with Crippen LogP contribution in [0.25, 0.3) is 0 Å². The zero-order chi connectivity index (χ0) is 11.5. The summed E-state index contributed by atoms with van der Waals surface area (Å²) >= 11 is 3.30. The van der Waals surface area contributed by atoms with E-state index in [-0.39, 0.29) is 0 Å². The van der Waals surface area contributed by atoms with Crippen LogP contribution in [-0.2, 0) is 14.9 Å². The van der Waals surface area contributed by atoms with Crippen molar-refractivity contribution in [3.05, 3.63) is 0 Å². The number of hydrogen-bond donors (Lipinski definition) is 1. The van der Waals surface area contributed by atoms with Crippen LogP contribution in [0.15, 0.2) is 0 Å². The zero-order valence-electron chi connectivity index (χ0n) is 8.27. The van der Waals surface area contributed by atoms with Crippen LogP contribution in [-0.4, -0.2) is 44.3 Å². The first-order valence-electron chi connectivity index (χ1n) is 4.41. The molecule has 0 aliphatic carbocycles. The van der Waals surface area contributed by atoms with Gasteiger partial charge in [-0.3, -0.25) is 0 Å². The summed E-state index contributed by atoms with van der Waals surface area (Å²) in [4.78, 5) is 10.8. The quantitative estimate of drug-likeness (QED) is 0.761. The molecule has 1 amide bonds. The lowest BCUT2D eigenvalue weighted by Gasteiger charge is -2.15. The number of methoxy groups -OCH3 is 1. The van der Waals surface area contributed by atoms with Gasteiger partial charge in [0.1, 0.15) is 0 Å². The van der Waals surface area contributed by atoms with Gasteiger partial charge in [0.15, 0.2) is 0 Å². The number of nitrogens with one attached hydrogen (secondary N) is 1. The van der Waals surface area contributed by atoms with Gasteiger partial charge in [0, 0.05) is 18.4 Å². The monoisotopic (exact) mass is 300 g/mol. The van der Waals surface area contributed by atoms with Crippen LogP contribution in [0.4, 0.5) is 4.79 Å². The van der Waals surface area contributed by atoms with Crippen LogP contribution in [0.1, 0.15) is 6.42 Å². The molecule has 0 radical (unpaired) electrons.